The van der Waals surface area contributed by atoms with E-state index in [9.17, 15) is 4.79 Å². The summed E-state index contributed by atoms with van der Waals surface area (Å²) < 4.78 is 5.51. The molecule has 0 aromatic carbocycles. The zero-order chi connectivity index (χ0) is 16.1. The molecule has 21 heavy (non-hydrogen) atoms. The highest BCUT2D eigenvalue weighted by atomic mass is 16.6. The summed E-state index contributed by atoms with van der Waals surface area (Å²) in [5.74, 6) is 0. The molecule has 1 amide bonds. The van der Waals surface area contributed by atoms with Gasteiger partial charge in [0.15, 0.2) is 0 Å². The maximum Gasteiger partial charge on any atom is 0.410 e. The third kappa shape index (κ3) is 6.66. The van der Waals surface area contributed by atoms with Gasteiger partial charge in [-0.3, -0.25) is 0 Å². The minimum absolute atomic E-state index is 0.119. The lowest BCUT2D eigenvalue weighted by atomic mass is 9.98. The van der Waals surface area contributed by atoms with Crippen LogP contribution in [0.1, 0.15) is 60.3 Å². The number of carbonyl (C=O) groups is 1. The summed E-state index contributed by atoms with van der Waals surface area (Å²) in [6, 6.07) is 0.173. The van der Waals surface area contributed by atoms with Gasteiger partial charge in [0.25, 0.3) is 0 Å². The normalized spacial score (nSPS) is 20.5. The van der Waals surface area contributed by atoms with Crippen molar-refractivity contribution in [3.05, 3.63) is 0 Å². The molecule has 124 valence electrons. The number of carbonyl (C=O) groups excluding carboxylic acids is 1. The van der Waals surface area contributed by atoms with E-state index < -0.39 is 5.60 Å². The Balaban J connectivity index is 2.59. The highest BCUT2D eigenvalue weighted by Gasteiger charge is 2.31. The molecule has 1 aliphatic rings. The monoisotopic (exact) mass is 300 g/mol. The number of hydrogen-bond acceptors (Lipinski definition) is 4. The number of aliphatic hydroxyl groups excluding tert-OH is 1. The summed E-state index contributed by atoms with van der Waals surface area (Å²) in [6.45, 7) is 11.5. The fourth-order valence-corrected chi connectivity index (χ4v) is 2.54. The van der Waals surface area contributed by atoms with E-state index in [0.717, 1.165) is 32.4 Å². The van der Waals surface area contributed by atoms with Crippen molar-refractivity contribution >= 4 is 6.09 Å². The van der Waals surface area contributed by atoms with E-state index in [-0.39, 0.29) is 24.3 Å². The second-order valence-electron chi connectivity index (χ2n) is 7.56. The van der Waals surface area contributed by atoms with E-state index in [2.05, 4.69) is 19.2 Å². The van der Waals surface area contributed by atoms with Crippen LogP contribution >= 0.6 is 0 Å². The molecule has 0 radical (unpaired) electrons. The third-order valence-electron chi connectivity index (χ3n) is 3.81. The molecule has 0 aliphatic carbocycles. The van der Waals surface area contributed by atoms with Crippen LogP contribution in [-0.2, 0) is 4.74 Å². The molecule has 1 heterocycles. The molecule has 0 aromatic heterocycles. The van der Waals surface area contributed by atoms with Gasteiger partial charge in [-0.15, -0.1) is 0 Å². The highest BCUT2D eigenvalue weighted by molar-refractivity contribution is 5.68. The number of nitrogens with one attached hydrogen (secondary N) is 1. The van der Waals surface area contributed by atoms with Crippen LogP contribution in [0.3, 0.4) is 0 Å². The molecule has 1 saturated heterocycles. The Kier molecular flexibility index (Phi) is 6.47. The number of ether oxygens (including phenoxy) is 1. The molecule has 0 spiro atoms. The molecule has 1 atom stereocenters. The van der Waals surface area contributed by atoms with E-state index in [1.165, 1.54) is 0 Å². The van der Waals surface area contributed by atoms with Gasteiger partial charge in [0.2, 0.25) is 0 Å². The van der Waals surface area contributed by atoms with Crippen LogP contribution in [-0.4, -0.2) is 53.0 Å². The summed E-state index contributed by atoms with van der Waals surface area (Å²) >= 11 is 0. The molecule has 0 saturated carbocycles. The van der Waals surface area contributed by atoms with Crippen molar-refractivity contribution in [3.63, 3.8) is 0 Å². The van der Waals surface area contributed by atoms with Crippen molar-refractivity contribution in [3.8, 4) is 0 Å². The molecule has 5 nitrogen and oxygen atoms in total. The lowest BCUT2D eigenvalue weighted by Gasteiger charge is -2.38. The van der Waals surface area contributed by atoms with Crippen LogP contribution < -0.4 is 5.32 Å². The van der Waals surface area contributed by atoms with Crippen molar-refractivity contribution in [2.24, 2.45) is 0 Å². The van der Waals surface area contributed by atoms with E-state index in [1.54, 1.807) is 0 Å². The van der Waals surface area contributed by atoms with Crippen LogP contribution in [0.15, 0.2) is 0 Å². The maximum absolute atomic E-state index is 12.3. The lowest BCUT2D eigenvalue weighted by Crippen LogP contribution is -2.53. The Labute approximate surface area is 129 Å². The highest BCUT2D eigenvalue weighted by Crippen LogP contribution is 2.21. The van der Waals surface area contributed by atoms with E-state index in [4.69, 9.17) is 9.84 Å². The Morgan fingerprint density at radius 3 is 2.52 bits per heavy atom. The van der Waals surface area contributed by atoms with Gasteiger partial charge in [0.1, 0.15) is 5.60 Å². The fourth-order valence-electron chi connectivity index (χ4n) is 2.54. The second-order valence-corrected chi connectivity index (χ2v) is 7.56. The maximum atomic E-state index is 12.3. The average Bonchev–Trinajstić information content (AvgIpc) is 2.35. The molecule has 1 rings (SSSR count). The number of likely N-dealkylation sites (tertiary alicyclic amines) is 1. The van der Waals surface area contributed by atoms with Gasteiger partial charge >= 0.3 is 6.09 Å². The summed E-state index contributed by atoms with van der Waals surface area (Å²) in [7, 11) is 0. The molecule has 5 heteroatoms. The molecule has 2 N–H and O–H groups in total. The van der Waals surface area contributed by atoms with Crippen molar-refractivity contribution in [1.82, 2.24) is 10.2 Å². The lowest BCUT2D eigenvalue weighted by molar-refractivity contribution is 0.00898. The summed E-state index contributed by atoms with van der Waals surface area (Å²) in [6.07, 6.45) is 3.67. The number of amides is 1. The van der Waals surface area contributed by atoms with Gasteiger partial charge in [-0.1, -0.05) is 0 Å². The SMILES string of the molecule is CC(C)(CCO)NCC1CCCCN1C(=O)OC(C)(C)C. The van der Waals surface area contributed by atoms with Crippen molar-refractivity contribution < 1.29 is 14.6 Å². The van der Waals surface area contributed by atoms with Gasteiger partial charge in [0.05, 0.1) is 0 Å². The first-order chi connectivity index (χ1) is 9.64. The molecule has 0 aromatic rings. The molecular weight excluding hydrogens is 268 g/mol. The standard InChI is InChI=1S/C16H32N2O3/c1-15(2,3)21-14(20)18-10-7-6-8-13(18)12-17-16(4,5)9-11-19/h13,17,19H,6-12H2,1-5H3. The predicted molar refractivity (Wildman–Crippen MR) is 84.4 cm³/mol. The van der Waals surface area contributed by atoms with Crippen LogP contribution in [0.25, 0.3) is 0 Å². The minimum atomic E-state index is -0.456. The van der Waals surface area contributed by atoms with Crippen LogP contribution in [0.4, 0.5) is 4.79 Å². The van der Waals surface area contributed by atoms with Crippen molar-refractivity contribution in [2.75, 3.05) is 19.7 Å². The van der Waals surface area contributed by atoms with Gasteiger partial charge in [-0.2, -0.15) is 0 Å². The molecule has 1 unspecified atom stereocenters. The predicted octanol–water partition coefficient (Wildman–Crippen LogP) is 2.53. The van der Waals surface area contributed by atoms with E-state index >= 15 is 0 Å². The first-order valence-electron chi connectivity index (χ1n) is 8.00. The number of nitrogens with zero attached hydrogens (tertiary/aromatic N) is 1. The van der Waals surface area contributed by atoms with E-state index in [0.29, 0.717) is 6.42 Å². The van der Waals surface area contributed by atoms with Gasteiger partial charge < -0.3 is 20.1 Å². The Morgan fingerprint density at radius 1 is 1.29 bits per heavy atom. The third-order valence-corrected chi connectivity index (χ3v) is 3.81. The van der Waals surface area contributed by atoms with Gasteiger partial charge in [0, 0.05) is 31.3 Å². The quantitative estimate of drug-likeness (QED) is 0.819. The molecule has 1 aliphatic heterocycles. The van der Waals surface area contributed by atoms with Gasteiger partial charge in [-0.05, 0) is 60.3 Å². The smallest absolute Gasteiger partial charge is 0.410 e. The molecule has 0 bridgehead atoms. The second kappa shape index (κ2) is 7.45. The average molecular weight is 300 g/mol. The summed E-state index contributed by atoms with van der Waals surface area (Å²) in [5.41, 5.74) is -0.575. The van der Waals surface area contributed by atoms with Gasteiger partial charge in [-0.25, -0.2) is 4.79 Å². The Hall–Kier alpha value is -0.810. The number of piperidine rings is 1. The van der Waals surface area contributed by atoms with Crippen molar-refractivity contribution in [2.45, 2.75) is 77.5 Å². The largest absolute Gasteiger partial charge is 0.444 e. The van der Waals surface area contributed by atoms with Crippen LogP contribution in [0.5, 0.6) is 0 Å². The van der Waals surface area contributed by atoms with E-state index in [1.807, 2.05) is 25.7 Å². The zero-order valence-corrected chi connectivity index (χ0v) is 14.2. The zero-order valence-electron chi connectivity index (χ0n) is 14.2. The Bertz CT molecular complexity index is 337. The fraction of sp³-hybridized carbons (Fsp3) is 0.938. The van der Waals surface area contributed by atoms with Crippen LogP contribution in [0.2, 0.25) is 0 Å². The number of rotatable bonds is 5. The Morgan fingerprint density at radius 2 is 1.95 bits per heavy atom. The molecule has 1 fully saturated rings. The van der Waals surface area contributed by atoms with Crippen LogP contribution in [0, 0.1) is 0 Å². The number of aliphatic hydroxyl groups is 1. The summed E-state index contributed by atoms with van der Waals surface area (Å²) in [4.78, 5) is 14.2. The first kappa shape index (κ1) is 18.2. The summed E-state index contributed by atoms with van der Waals surface area (Å²) in [5, 5.41) is 12.6. The first-order valence-corrected chi connectivity index (χ1v) is 8.00. The topological polar surface area (TPSA) is 61.8 Å². The molecular formula is C16H32N2O3. The minimum Gasteiger partial charge on any atom is -0.444 e. The van der Waals surface area contributed by atoms with Crippen molar-refractivity contribution in [1.29, 1.82) is 0 Å². The number of hydrogen-bond donors (Lipinski definition) is 2.